The fourth-order valence-corrected chi connectivity index (χ4v) is 4.24. The van der Waals surface area contributed by atoms with Crippen LogP contribution in [-0.2, 0) is 19.4 Å². The molecule has 130 valence electrons. The molecule has 2 aromatic carbocycles. The van der Waals surface area contributed by atoms with Gasteiger partial charge < -0.3 is 9.64 Å². The number of nitrogens with zero attached hydrogens (tertiary/aromatic N) is 1. The Balaban J connectivity index is 2.34. The zero-order chi connectivity index (χ0) is 18.4. The van der Waals surface area contributed by atoms with E-state index in [9.17, 15) is 17.6 Å². The number of carbonyl (C=O) groups is 1. The maximum atomic E-state index is 13.7. The van der Waals surface area contributed by atoms with Crippen LogP contribution in [0.5, 0.6) is 0 Å². The molecule has 0 bridgehead atoms. The maximum absolute atomic E-state index is 13.7. The number of aryl methyl sites for hydroxylation is 1. The quantitative estimate of drug-likeness (QED) is 0.742. The minimum absolute atomic E-state index is 0.222. The van der Waals surface area contributed by atoms with Crippen molar-refractivity contribution in [1.29, 1.82) is 0 Å². The monoisotopic (exact) mass is 381 g/mol. The van der Waals surface area contributed by atoms with Crippen molar-refractivity contribution < 1.29 is 22.3 Å². The number of carbonyl (C=O) groups excluding carboxylic acids is 1. The number of anilines is 2. The molecule has 1 aliphatic rings. The Hall–Kier alpha value is -2.38. The fourth-order valence-electron chi connectivity index (χ4n) is 2.58. The molecule has 0 atom stereocenters. The van der Waals surface area contributed by atoms with Crippen LogP contribution < -0.4 is 4.90 Å². The topological polar surface area (TPSA) is 63.7 Å². The summed E-state index contributed by atoms with van der Waals surface area (Å²) in [5.41, 5.74) is 1.58. The highest BCUT2D eigenvalue weighted by molar-refractivity contribution is 7.96. The second-order valence-electron chi connectivity index (χ2n) is 5.40. The van der Waals surface area contributed by atoms with Gasteiger partial charge in [0.15, 0.2) is 4.91 Å². The first kappa shape index (κ1) is 17.4. The SMILES string of the molecule is COC(=O)C1=CN(c2cc(Cl)ccc2C)c2ccc(F)cc2S1(=O)=O. The first-order valence-corrected chi connectivity index (χ1v) is 9.02. The van der Waals surface area contributed by atoms with Gasteiger partial charge in [0.05, 0.1) is 23.4 Å². The number of ether oxygens (including phenoxy) is 1. The summed E-state index contributed by atoms with van der Waals surface area (Å²) in [5.74, 6) is -1.75. The number of methoxy groups -OCH3 is 1. The molecule has 0 unspecified atom stereocenters. The number of halogens is 2. The normalized spacial score (nSPS) is 15.4. The summed E-state index contributed by atoms with van der Waals surface area (Å²) in [5, 5.41) is 0.436. The average Bonchev–Trinajstić information content (AvgIpc) is 2.57. The zero-order valence-electron chi connectivity index (χ0n) is 13.3. The summed E-state index contributed by atoms with van der Waals surface area (Å²) in [4.78, 5) is 12.6. The minimum atomic E-state index is -4.21. The Bertz CT molecular complexity index is 1020. The highest BCUT2D eigenvalue weighted by Gasteiger charge is 2.37. The van der Waals surface area contributed by atoms with Gasteiger partial charge in [-0.1, -0.05) is 17.7 Å². The largest absolute Gasteiger partial charge is 0.465 e. The van der Waals surface area contributed by atoms with E-state index in [0.29, 0.717) is 10.7 Å². The summed E-state index contributed by atoms with van der Waals surface area (Å²) in [6.07, 6.45) is 1.17. The molecule has 3 rings (SSSR count). The molecule has 0 saturated carbocycles. The second-order valence-corrected chi connectivity index (χ2v) is 7.72. The van der Waals surface area contributed by atoms with Crippen molar-refractivity contribution in [2.24, 2.45) is 0 Å². The van der Waals surface area contributed by atoms with Crippen LogP contribution in [0.15, 0.2) is 52.4 Å². The molecular formula is C17H13ClFNO4S. The van der Waals surface area contributed by atoms with E-state index in [4.69, 9.17) is 11.6 Å². The standard InChI is InChI=1S/C17H13ClFNO4S/c1-10-3-4-11(18)7-14(10)20-9-16(17(21)24-2)25(22,23)15-8-12(19)5-6-13(15)20/h3-9H,1-2H3. The van der Waals surface area contributed by atoms with Gasteiger partial charge in [-0.05, 0) is 42.8 Å². The lowest BCUT2D eigenvalue weighted by Crippen LogP contribution is -2.26. The molecule has 0 amide bonds. The van der Waals surface area contributed by atoms with Gasteiger partial charge in [0.25, 0.3) is 0 Å². The molecule has 25 heavy (non-hydrogen) atoms. The van der Waals surface area contributed by atoms with Crippen LogP contribution in [0.2, 0.25) is 5.02 Å². The lowest BCUT2D eigenvalue weighted by molar-refractivity contribution is -0.135. The number of sulfone groups is 1. The maximum Gasteiger partial charge on any atom is 0.351 e. The molecule has 1 heterocycles. The highest BCUT2D eigenvalue weighted by atomic mass is 35.5. The van der Waals surface area contributed by atoms with Crippen LogP contribution in [0.4, 0.5) is 15.8 Å². The molecule has 2 aromatic rings. The van der Waals surface area contributed by atoms with Crippen molar-refractivity contribution in [3.8, 4) is 0 Å². The van der Waals surface area contributed by atoms with E-state index in [1.807, 2.05) is 6.92 Å². The Morgan fingerprint density at radius 1 is 1.16 bits per heavy atom. The third-order valence-electron chi connectivity index (χ3n) is 3.82. The van der Waals surface area contributed by atoms with Crippen LogP contribution in [0.1, 0.15) is 5.56 Å². The number of esters is 1. The highest BCUT2D eigenvalue weighted by Crippen LogP contribution is 2.41. The van der Waals surface area contributed by atoms with Gasteiger partial charge in [-0.3, -0.25) is 0 Å². The number of hydrogen-bond donors (Lipinski definition) is 0. The van der Waals surface area contributed by atoms with Crippen molar-refractivity contribution in [1.82, 2.24) is 0 Å². The van der Waals surface area contributed by atoms with Crippen molar-refractivity contribution in [2.75, 3.05) is 12.0 Å². The molecule has 1 aliphatic heterocycles. The minimum Gasteiger partial charge on any atom is -0.465 e. The molecule has 5 nitrogen and oxygen atoms in total. The third-order valence-corrected chi connectivity index (χ3v) is 5.82. The lowest BCUT2D eigenvalue weighted by atomic mass is 10.1. The van der Waals surface area contributed by atoms with Crippen LogP contribution in [-0.4, -0.2) is 21.5 Å². The summed E-state index contributed by atoms with van der Waals surface area (Å²) >= 11 is 6.05. The van der Waals surface area contributed by atoms with E-state index in [2.05, 4.69) is 4.74 Å². The first-order chi connectivity index (χ1) is 11.8. The van der Waals surface area contributed by atoms with Gasteiger partial charge in [-0.25, -0.2) is 17.6 Å². The van der Waals surface area contributed by atoms with Gasteiger partial charge in [0.1, 0.15) is 5.82 Å². The van der Waals surface area contributed by atoms with E-state index in [1.165, 1.54) is 17.2 Å². The molecule has 0 radical (unpaired) electrons. The number of fused-ring (bicyclic) bond motifs is 1. The molecule has 0 N–H and O–H groups in total. The molecular weight excluding hydrogens is 369 g/mol. The van der Waals surface area contributed by atoms with Crippen LogP contribution in [0.25, 0.3) is 0 Å². The first-order valence-electron chi connectivity index (χ1n) is 7.16. The van der Waals surface area contributed by atoms with E-state index in [0.717, 1.165) is 24.8 Å². The lowest BCUT2D eigenvalue weighted by Gasteiger charge is -2.29. The molecule has 0 spiro atoms. The molecule has 8 heteroatoms. The Morgan fingerprint density at radius 3 is 2.56 bits per heavy atom. The van der Waals surface area contributed by atoms with E-state index in [1.54, 1.807) is 18.2 Å². The number of hydrogen-bond acceptors (Lipinski definition) is 5. The van der Waals surface area contributed by atoms with E-state index in [-0.39, 0.29) is 10.6 Å². The smallest absolute Gasteiger partial charge is 0.351 e. The van der Waals surface area contributed by atoms with Crippen molar-refractivity contribution in [3.63, 3.8) is 0 Å². The van der Waals surface area contributed by atoms with Crippen molar-refractivity contribution >= 4 is 38.8 Å². The Morgan fingerprint density at radius 2 is 1.88 bits per heavy atom. The van der Waals surface area contributed by atoms with Gasteiger partial charge in [0, 0.05) is 11.2 Å². The fraction of sp³-hybridized carbons (Fsp3) is 0.118. The summed E-state index contributed by atoms with van der Waals surface area (Å²) in [6.45, 7) is 1.81. The zero-order valence-corrected chi connectivity index (χ0v) is 14.9. The Kier molecular flexibility index (Phi) is 4.30. The van der Waals surface area contributed by atoms with E-state index >= 15 is 0 Å². The van der Waals surface area contributed by atoms with Gasteiger partial charge in [0.2, 0.25) is 9.84 Å². The van der Waals surface area contributed by atoms with E-state index < -0.39 is 26.5 Å². The van der Waals surface area contributed by atoms with Crippen molar-refractivity contribution in [3.05, 3.63) is 63.9 Å². The summed E-state index contributed by atoms with van der Waals surface area (Å²) < 4.78 is 43.7. The molecule has 0 aliphatic carbocycles. The van der Waals surface area contributed by atoms with Crippen molar-refractivity contribution in [2.45, 2.75) is 11.8 Å². The summed E-state index contributed by atoms with van der Waals surface area (Å²) in [7, 11) is -3.13. The average molecular weight is 382 g/mol. The van der Waals surface area contributed by atoms with Crippen LogP contribution >= 0.6 is 11.6 Å². The van der Waals surface area contributed by atoms with Gasteiger partial charge in [-0.15, -0.1) is 0 Å². The Labute approximate surface area is 149 Å². The predicted molar refractivity (Wildman–Crippen MR) is 92.0 cm³/mol. The van der Waals surface area contributed by atoms with Gasteiger partial charge >= 0.3 is 5.97 Å². The van der Waals surface area contributed by atoms with Crippen LogP contribution in [0, 0.1) is 12.7 Å². The van der Waals surface area contributed by atoms with Crippen LogP contribution in [0.3, 0.4) is 0 Å². The summed E-state index contributed by atoms with van der Waals surface area (Å²) in [6, 6.07) is 8.46. The van der Waals surface area contributed by atoms with Gasteiger partial charge in [-0.2, -0.15) is 0 Å². The number of benzene rings is 2. The predicted octanol–water partition coefficient (Wildman–Crippen LogP) is 3.73. The third kappa shape index (κ3) is 2.89. The second kappa shape index (κ2) is 6.16. The number of rotatable bonds is 2. The molecule has 0 fully saturated rings. The molecule has 0 saturated heterocycles. The molecule has 0 aromatic heterocycles.